The van der Waals surface area contributed by atoms with Gasteiger partial charge in [-0.3, -0.25) is 4.79 Å². The smallest absolute Gasteiger partial charge is 0.230 e. The highest BCUT2D eigenvalue weighted by molar-refractivity contribution is 6.43. The van der Waals surface area contributed by atoms with E-state index in [1.807, 2.05) is 12.1 Å². The van der Waals surface area contributed by atoms with E-state index in [4.69, 9.17) is 23.2 Å². The normalized spacial score (nSPS) is 32.5. The maximum Gasteiger partial charge on any atom is 0.230 e. The first-order chi connectivity index (χ1) is 12.5. The van der Waals surface area contributed by atoms with Crippen molar-refractivity contribution < 1.29 is 9.90 Å². The van der Waals surface area contributed by atoms with Crippen LogP contribution < -0.4 is 4.90 Å². The van der Waals surface area contributed by atoms with Gasteiger partial charge in [-0.15, -0.1) is 0 Å². The van der Waals surface area contributed by atoms with Crippen LogP contribution >= 0.6 is 23.2 Å². The van der Waals surface area contributed by atoms with Crippen LogP contribution in [0.3, 0.4) is 0 Å². The summed E-state index contributed by atoms with van der Waals surface area (Å²) in [6.07, 6.45) is 6.14. The second-order valence-electron chi connectivity index (χ2n) is 8.09. The summed E-state index contributed by atoms with van der Waals surface area (Å²) in [7, 11) is 0. The Labute approximate surface area is 165 Å². The maximum absolute atomic E-state index is 13.4. The number of hydrogen-bond donors (Lipinski definition) is 1. The van der Waals surface area contributed by atoms with E-state index >= 15 is 0 Å². The number of benzene rings is 1. The molecule has 3 aliphatic rings. The van der Waals surface area contributed by atoms with Crippen LogP contribution in [0.15, 0.2) is 18.2 Å². The molecule has 0 aromatic heterocycles. The number of aliphatic hydroxyl groups excluding tert-OH is 1. The van der Waals surface area contributed by atoms with Gasteiger partial charge < -0.3 is 14.9 Å². The van der Waals surface area contributed by atoms with Gasteiger partial charge in [-0.1, -0.05) is 29.3 Å². The summed E-state index contributed by atoms with van der Waals surface area (Å²) >= 11 is 12.6. The van der Waals surface area contributed by atoms with Crippen molar-refractivity contribution in [2.75, 3.05) is 24.5 Å². The van der Waals surface area contributed by atoms with E-state index < -0.39 is 0 Å². The van der Waals surface area contributed by atoms with Crippen LogP contribution in [-0.2, 0) is 4.79 Å². The Hall–Kier alpha value is -0.970. The average Bonchev–Trinajstić information content (AvgIpc) is 2.94. The molecule has 3 fully saturated rings. The van der Waals surface area contributed by atoms with E-state index in [2.05, 4.69) is 9.80 Å². The van der Waals surface area contributed by atoms with Crippen molar-refractivity contribution in [3.8, 4) is 0 Å². The topological polar surface area (TPSA) is 43.8 Å². The minimum absolute atomic E-state index is 0.187. The number of aliphatic hydroxyl groups is 1. The van der Waals surface area contributed by atoms with Crippen molar-refractivity contribution >= 4 is 34.8 Å². The molecular formula is C20H26Cl2N2O2. The minimum atomic E-state index is -0.292. The van der Waals surface area contributed by atoms with Gasteiger partial charge >= 0.3 is 0 Å². The first-order valence-electron chi connectivity index (χ1n) is 9.68. The monoisotopic (exact) mass is 396 g/mol. The molecule has 2 saturated heterocycles. The molecule has 1 aromatic rings. The third kappa shape index (κ3) is 3.21. The molecule has 4 rings (SSSR count). The third-order valence-corrected chi connectivity index (χ3v) is 7.31. The Morgan fingerprint density at radius 2 is 1.85 bits per heavy atom. The number of anilines is 1. The van der Waals surface area contributed by atoms with Crippen LogP contribution in [0.25, 0.3) is 0 Å². The molecule has 1 atom stereocenters. The van der Waals surface area contributed by atoms with Crippen molar-refractivity contribution in [2.45, 2.75) is 57.1 Å². The van der Waals surface area contributed by atoms with Crippen molar-refractivity contribution in [1.82, 2.24) is 4.90 Å². The lowest BCUT2D eigenvalue weighted by Gasteiger charge is -2.41. The van der Waals surface area contributed by atoms with E-state index in [9.17, 15) is 9.90 Å². The predicted molar refractivity (Wildman–Crippen MR) is 105 cm³/mol. The zero-order chi connectivity index (χ0) is 18.3. The lowest BCUT2D eigenvalue weighted by molar-refractivity contribution is -0.139. The molecular weight excluding hydrogens is 371 g/mol. The second kappa shape index (κ2) is 7.21. The Morgan fingerprint density at radius 3 is 2.62 bits per heavy atom. The molecule has 1 aliphatic carbocycles. The molecule has 2 heterocycles. The SMILES string of the molecule is O=C1N([C@H]2CC[C@H](O)CC2)CCC12CCCN(c1cccc(Cl)c1Cl)C2. The van der Waals surface area contributed by atoms with Gasteiger partial charge in [-0.2, -0.15) is 0 Å². The number of rotatable bonds is 2. The van der Waals surface area contributed by atoms with Gasteiger partial charge in [0.05, 0.1) is 27.3 Å². The zero-order valence-corrected chi connectivity index (χ0v) is 16.5. The number of likely N-dealkylation sites (tertiary alicyclic amines) is 1. The standard InChI is InChI=1S/C20H26Cl2N2O2/c21-16-3-1-4-17(18(16)22)23-11-2-9-20(13-23)10-12-24(19(20)26)14-5-7-15(25)8-6-14/h1,3-4,14-15,25H,2,5-13H2/t14-,15-,20?. The van der Waals surface area contributed by atoms with Gasteiger partial charge in [0.25, 0.3) is 0 Å². The number of halogens is 2. The highest BCUT2D eigenvalue weighted by Crippen LogP contribution is 2.45. The molecule has 0 radical (unpaired) electrons. The molecule has 26 heavy (non-hydrogen) atoms. The van der Waals surface area contributed by atoms with Crippen LogP contribution in [0.4, 0.5) is 5.69 Å². The fourth-order valence-corrected chi connectivity index (χ4v) is 5.43. The molecule has 1 N–H and O–H groups in total. The molecule has 1 aromatic carbocycles. The summed E-state index contributed by atoms with van der Waals surface area (Å²) in [4.78, 5) is 17.7. The number of hydrogen-bond acceptors (Lipinski definition) is 3. The minimum Gasteiger partial charge on any atom is -0.393 e. The van der Waals surface area contributed by atoms with Crippen LogP contribution in [0.2, 0.25) is 10.0 Å². The summed E-state index contributed by atoms with van der Waals surface area (Å²) in [6.45, 7) is 2.47. The molecule has 4 nitrogen and oxygen atoms in total. The molecule has 1 spiro atoms. The van der Waals surface area contributed by atoms with Gasteiger partial charge in [-0.25, -0.2) is 0 Å². The Balaban J connectivity index is 1.52. The fourth-order valence-electron chi connectivity index (χ4n) is 5.02. The van der Waals surface area contributed by atoms with E-state index in [1.165, 1.54) is 0 Å². The van der Waals surface area contributed by atoms with Gasteiger partial charge in [0.1, 0.15) is 0 Å². The summed E-state index contributed by atoms with van der Waals surface area (Å²) in [6, 6.07) is 6.01. The summed E-state index contributed by atoms with van der Waals surface area (Å²) < 4.78 is 0. The van der Waals surface area contributed by atoms with Crippen molar-refractivity contribution in [3.63, 3.8) is 0 Å². The quantitative estimate of drug-likeness (QED) is 0.817. The van der Waals surface area contributed by atoms with E-state index in [-0.39, 0.29) is 11.5 Å². The number of carbonyl (C=O) groups is 1. The molecule has 6 heteroatoms. The van der Waals surface area contributed by atoms with Gasteiger partial charge in [0, 0.05) is 25.7 Å². The van der Waals surface area contributed by atoms with Crippen LogP contribution in [0.1, 0.15) is 44.9 Å². The third-order valence-electron chi connectivity index (χ3n) is 6.50. The van der Waals surface area contributed by atoms with Crippen LogP contribution in [-0.4, -0.2) is 47.7 Å². The molecule has 1 amide bonds. The maximum atomic E-state index is 13.4. The highest BCUT2D eigenvalue weighted by Gasteiger charge is 2.50. The van der Waals surface area contributed by atoms with Crippen LogP contribution in [0.5, 0.6) is 0 Å². The van der Waals surface area contributed by atoms with Crippen LogP contribution in [0, 0.1) is 5.41 Å². The Bertz CT molecular complexity index is 690. The summed E-state index contributed by atoms with van der Waals surface area (Å²) in [5.74, 6) is 0.307. The molecule has 1 unspecified atom stereocenters. The predicted octanol–water partition coefficient (Wildman–Crippen LogP) is 4.12. The lowest BCUT2D eigenvalue weighted by atomic mass is 9.78. The summed E-state index contributed by atoms with van der Waals surface area (Å²) in [5.41, 5.74) is 0.644. The van der Waals surface area contributed by atoms with Gasteiger partial charge in [0.15, 0.2) is 0 Å². The number of amides is 1. The first-order valence-corrected chi connectivity index (χ1v) is 10.4. The molecule has 142 valence electrons. The second-order valence-corrected chi connectivity index (χ2v) is 8.87. The number of piperidine rings is 1. The first kappa shape index (κ1) is 18.4. The van der Waals surface area contributed by atoms with Gasteiger partial charge in [0.2, 0.25) is 5.91 Å². The number of carbonyl (C=O) groups excluding carboxylic acids is 1. The van der Waals surface area contributed by atoms with E-state index in [1.54, 1.807) is 6.07 Å². The molecule has 1 saturated carbocycles. The average molecular weight is 397 g/mol. The van der Waals surface area contributed by atoms with Crippen molar-refractivity contribution in [2.24, 2.45) is 5.41 Å². The Morgan fingerprint density at radius 1 is 1.08 bits per heavy atom. The molecule has 2 aliphatic heterocycles. The largest absolute Gasteiger partial charge is 0.393 e. The zero-order valence-electron chi connectivity index (χ0n) is 15.0. The number of nitrogens with zero attached hydrogens (tertiary/aromatic N) is 2. The fraction of sp³-hybridized carbons (Fsp3) is 0.650. The van der Waals surface area contributed by atoms with Gasteiger partial charge in [-0.05, 0) is 57.1 Å². The van der Waals surface area contributed by atoms with E-state index in [0.29, 0.717) is 22.0 Å². The lowest BCUT2D eigenvalue weighted by Crippen LogP contribution is -2.50. The van der Waals surface area contributed by atoms with E-state index in [0.717, 1.165) is 70.3 Å². The van der Waals surface area contributed by atoms with Crippen molar-refractivity contribution in [3.05, 3.63) is 28.2 Å². The Kier molecular flexibility index (Phi) is 5.10. The highest BCUT2D eigenvalue weighted by atomic mass is 35.5. The summed E-state index contributed by atoms with van der Waals surface area (Å²) in [5, 5.41) is 10.9. The van der Waals surface area contributed by atoms with Crippen molar-refractivity contribution in [1.29, 1.82) is 0 Å². The molecule has 0 bridgehead atoms.